The van der Waals surface area contributed by atoms with Crippen molar-refractivity contribution in [2.45, 2.75) is 46.4 Å². The highest BCUT2D eigenvalue weighted by atomic mass is 16.6. The molecule has 0 aliphatic rings. The lowest BCUT2D eigenvalue weighted by molar-refractivity contribution is -0.135. The maximum absolute atomic E-state index is 13.2. The van der Waals surface area contributed by atoms with Crippen LogP contribution in [0.3, 0.4) is 0 Å². The van der Waals surface area contributed by atoms with E-state index in [1.807, 2.05) is 30.3 Å². The molecule has 200 valence electrons. The number of amides is 3. The van der Waals surface area contributed by atoms with E-state index in [9.17, 15) is 24.0 Å². The molecule has 0 saturated carbocycles. The number of H-pyrrole nitrogens is 1. The number of carbonyl (C=O) groups excluding carboxylic acids is 3. The third-order valence-electron chi connectivity index (χ3n) is 5.23. The minimum absolute atomic E-state index is 0.113. The predicted molar refractivity (Wildman–Crippen MR) is 143 cm³/mol. The molecule has 0 spiro atoms. The number of aryl methyl sites for hydroxylation is 1. The first kappa shape index (κ1) is 27.9. The van der Waals surface area contributed by atoms with Gasteiger partial charge in [-0.3, -0.25) is 29.3 Å². The zero-order valence-corrected chi connectivity index (χ0v) is 21.7. The molecular formula is C27H31N5O6. The van der Waals surface area contributed by atoms with Crippen molar-refractivity contribution in [3.05, 3.63) is 92.8 Å². The molecule has 0 bridgehead atoms. The van der Waals surface area contributed by atoms with Gasteiger partial charge in [-0.2, -0.15) is 0 Å². The van der Waals surface area contributed by atoms with Gasteiger partial charge in [0.25, 0.3) is 5.56 Å². The zero-order chi connectivity index (χ0) is 27.9. The lowest BCUT2D eigenvalue weighted by Crippen LogP contribution is -2.42. The molecule has 3 N–H and O–H groups in total. The number of hydrogen-bond donors (Lipinski definition) is 3. The number of benzene rings is 2. The number of rotatable bonds is 8. The largest absolute Gasteiger partial charge is 0.444 e. The van der Waals surface area contributed by atoms with Crippen molar-refractivity contribution in [2.24, 2.45) is 0 Å². The first-order valence-corrected chi connectivity index (χ1v) is 11.9. The Labute approximate surface area is 219 Å². The summed E-state index contributed by atoms with van der Waals surface area (Å²) in [7, 11) is 0. The first-order valence-electron chi connectivity index (χ1n) is 11.9. The molecule has 0 fully saturated rings. The molecule has 0 radical (unpaired) electrons. The summed E-state index contributed by atoms with van der Waals surface area (Å²) >= 11 is 0. The number of para-hydroxylation sites is 2. The Hall–Kier alpha value is -4.67. The maximum Gasteiger partial charge on any atom is 0.412 e. The van der Waals surface area contributed by atoms with E-state index in [2.05, 4.69) is 15.6 Å². The van der Waals surface area contributed by atoms with E-state index in [-0.39, 0.29) is 25.2 Å². The standard InChI is InChI=1S/C27H31N5O6/c1-18-14-32(25(36)30-24(18)35)17-23(34)31(15-19-10-6-5-7-11-19)16-22(33)28-20-12-8-9-13-21(20)29-26(37)38-27(2,3)4/h5-14H,15-17H2,1-4H3,(H,28,33)(H,29,37)(H,30,35,36). The van der Waals surface area contributed by atoms with E-state index in [1.165, 1.54) is 18.0 Å². The number of nitrogens with zero attached hydrogens (tertiary/aromatic N) is 2. The minimum atomic E-state index is -0.722. The van der Waals surface area contributed by atoms with Crippen LogP contribution in [0.1, 0.15) is 31.9 Å². The van der Waals surface area contributed by atoms with Crippen molar-refractivity contribution in [3.63, 3.8) is 0 Å². The summed E-state index contributed by atoms with van der Waals surface area (Å²) in [5.41, 5.74) is -0.246. The van der Waals surface area contributed by atoms with Gasteiger partial charge in [-0.05, 0) is 45.4 Å². The highest BCUT2D eigenvalue weighted by molar-refractivity contribution is 5.99. The molecule has 0 saturated heterocycles. The molecule has 0 aliphatic heterocycles. The van der Waals surface area contributed by atoms with Crippen molar-refractivity contribution in [2.75, 3.05) is 17.2 Å². The van der Waals surface area contributed by atoms with Gasteiger partial charge in [-0.25, -0.2) is 9.59 Å². The number of aromatic nitrogens is 2. The SMILES string of the molecule is Cc1cn(CC(=O)N(CC(=O)Nc2ccccc2NC(=O)OC(C)(C)C)Cc2ccccc2)c(=O)[nH]c1=O. The summed E-state index contributed by atoms with van der Waals surface area (Å²) in [5.74, 6) is -1.02. The lowest BCUT2D eigenvalue weighted by atomic mass is 10.2. The van der Waals surface area contributed by atoms with Crippen LogP contribution >= 0.6 is 0 Å². The van der Waals surface area contributed by atoms with Crippen molar-refractivity contribution in [1.29, 1.82) is 0 Å². The third-order valence-corrected chi connectivity index (χ3v) is 5.23. The van der Waals surface area contributed by atoms with Gasteiger partial charge in [-0.15, -0.1) is 0 Å². The Morgan fingerprint density at radius 1 is 0.947 bits per heavy atom. The van der Waals surface area contributed by atoms with Crippen LogP contribution in [0.4, 0.5) is 16.2 Å². The third kappa shape index (κ3) is 8.19. The van der Waals surface area contributed by atoms with E-state index in [1.54, 1.807) is 45.0 Å². The highest BCUT2D eigenvalue weighted by Gasteiger charge is 2.21. The average molecular weight is 522 g/mol. The molecule has 11 nitrogen and oxygen atoms in total. The second kappa shape index (κ2) is 12.0. The van der Waals surface area contributed by atoms with Gasteiger partial charge in [-0.1, -0.05) is 42.5 Å². The van der Waals surface area contributed by atoms with Crippen LogP contribution < -0.4 is 21.9 Å². The molecule has 1 heterocycles. The fraction of sp³-hybridized carbons (Fsp3) is 0.296. The summed E-state index contributed by atoms with van der Waals surface area (Å²) in [6, 6.07) is 15.7. The Morgan fingerprint density at radius 2 is 1.55 bits per heavy atom. The maximum atomic E-state index is 13.2. The van der Waals surface area contributed by atoms with E-state index >= 15 is 0 Å². The van der Waals surface area contributed by atoms with Gasteiger partial charge in [0, 0.05) is 18.3 Å². The average Bonchev–Trinajstić information content (AvgIpc) is 2.83. The Kier molecular flexibility index (Phi) is 8.85. The van der Waals surface area contributed by atoms with Gasteiger partial charge >= 0.3 is 11.8 Å². The number of anilines is 2. The molecule has 0 aliphatic carbocycles. The number of aromatic amines is 1. The molecule has 0 unspecified atom stereocenters. The monoisotopic (exact) mass is 521 g/mol. The normalized spacial score (nSPS) is 10.9. The first-order chi connectivity index (χ1) is 17.9. The van der Waals surface area contributed by atoms with Crippen molar-refractivity contribution >= 4 is 29.3 Å². The Morgan fingerprint density at radius 3 is 2.18 bits per heavy atom. The lowest BCUT2D eigenvalue weighted by Gasteiger charge is -2.23. The smallest absolute Gasteiger partial charge is 0.412 e. The quantitative estimate of drug-likeness (QED) is 0.416. The van der Waals surface area contributed by atoms with Crippen molar-refractivity contribution < 1.29 is 19.1 Å². The van der Waals surface area contributed by atoms with Gasteiger partial charge in [0.15, 0.2) is 0 Å². The van der Waals surface area contributed by atoms with E-state index in [0.717, 1.165) is 10.1 Å². The van der Waals surface area contributed by atoms with Crippen LogP contribution in [0, 0.1) is 6.92 Å². The summed E-state index contributed by atoms with van der Waals surface area (Å²) in [5, 5.41) is 5.34. The fourth-order valence-electron chi connectivity index (χ4n) is 3.50. The topological polar surface area (TPSA) is 143 Å². The van der Waals surface area contributed by atoms with Crippen LogP contribution in [0.5, 0.6) is 0 Å². The molecule has 1 aromatic heterocycles. The summed E-state index contributed by atoms with van der Waals surface area (Å²) in [6.45, 7) is 6.15. The van der Waals surface area contributed by atoms with Crippen molar-refractivity contribution in [3.8, 4) is 0 Å². The zero-order valence-electron chi connectivity index (χ0n) is 21.7. The van der Waals surface area contributed by atoms with Crippen LogP contribution in [-0.2, 0) is 27.4 Å². The minimum Gasteiger partial charge on any atom is -0.444 e. The summed E-state index contributed by atoms with van der Waals surface area (Å²) in [4.78, 5) is 65.8. The Bertz CT molecular complexity index is 1420. The molecule has 38 heavy (non-hydrogen) atoms. The van der Waals surface area contributed by atoms with Crippen LogP contribution in [0.2, 0.25) is 0 Å². The highest BCUT2D eigenvalue weighted by Crippen LogP contribution is 2.22. The number of ether oxygens (including phenoxy) is 1. The van der Waals surface area contributed by atoms with Crippen LogP contribution in [0.25, 0.3) is 0 Å². The van der Waals surface area contributed by atoms with Gasteiger partial charge < -0.3 is 15.0 Å². The van der Waals surface area contributed by atoms with Crippen LogP contribution in [0.15, 0.2) is 70.4 Å². The Balaban J connectivity index is 1.78. The molecular weight excluding hydrogens is 490 g/mol. The van der Waals surface area contributed by atoms with Gasteiger partial charge in [0.2, 0.25) is 11.8 Å². The fourth-order valence-corrected chi connectivity index (χ4v) is 3.50. The molecule has 3 rings (SSSR count). The molecule has 2 aromatic carbocycles. The molecule has 3 aromatic rings. The van der Waals surface area contributed by atoms with Gasteiger partial charge in [0.05, 0.1) is 11.4 Å². The predicted octanol–water partition coefficient (Wildman–Crippen LogP) is 2.86. The van der Waals surface area contributed by atoms with Crippen LogP contribution in [-0.4, -0.2) is 44.5 Å². The second-order valence-electron chi connectivity index (χ2n) is 9.66. The molecule has 3 amide bonds. The van der Waals surface area contributed by atoms with E-state index < -0.39 is 34.8 Å². The van der Waals surface area contributed by atoms with E-state index in [0.29, 0.717) is 11.4 Å². The molecule has 11 heteroatoms. The van der Waals surface area contributed by atoms with E-state index in [4.69, 9.17) is 4.74 Å². The van der Waals surface area contributed by atoms with Gasteiger partial charge in [0.1, 0.15) is 18.7 Å². The number of hydrogen-bond acceptors (Lipinski definition) is 6. The summed E-state index contributed by atoms with van der Waals surface area (Å²) < 4.78 is 6.37. The van der Waals surface area contributed by atoms with Crippen molar-refractivity contribution in [1.82, 2.24) is 14.5 Å². The number of carbonyl (C=O) groups is 3. The number of nitrogens with one attached hydrogen (secondary N) is 3. The second-order valence-corrected chi connectivity index (χ2v) is 9.66. The molecule has 0 atom stereocenters. The summed E-state index contributed by atoms with van der Waals surface area (Å²) in [6.07, 6.45) is 0.625.